The zero-order valence-electron chi connectivity index (χ0n) is 11.9. The van der Waals surface area contributed by atoms with Crippen LogP contribution in [0, 0.1) is 5.92 Å². The Balaban J connectivity index is 2.20. The normalized spacial score (nSPS) is 19.8. The highest BCUT2D eigenvalue weighted by Crippen LogP contribution is 2.36. The molecule has 1 aliphatic carbocycles. The van der Waals surface area contributed by atoms with Gasteiger partial charge in [0, 0.05) is 18.4 Å². The van der Waals surface area contributed by atoms with Crippen molar-refractivity contribution in [2.24, 2.45) is 5.92 Å². The predicted octanol–water partition coefficient (Wildman–Crippen LogP) is 3.34. The second-order valence-corrected chi connectivity index (χ2v) is 5.83. The summed E-state index contributed by atoms with van der Waals surface area (Å²) < 4.78 is 5.82. The first-order chi connectivity index (χ1) is 9.63. The van der Waals surface area contributed by atoms with Crippen molar-refractivity contribution >= 4 is 17.4 Å². The summed E-state index contributed by atoms with van der Waals surface area (Å²) in [5, 5.41) is 11.1. The molecular formula is C15H23ClN2O2. The number of ether oxygens (including phenoxy) is 1. The van der Waals surface area contributed by atoms with Crippen LogP contribution in [0.3, 0.4) is 0 Å². The minimum absolute atomic E-state index is 0.233. The molecule has 4 nitrogen and oxygen atoms in total. The van der Waals surface area contributed by atoms with Crippen molar-refractivity contribution < 1.29 is 9.84 Å². The van der Waals surface area contributed by atoms with Crippen LogP contribution in [0.25, 0.3) is 0 Å². The van der Waals surface area contributed by atoms with Crippen LogP contribution >= 0.6 is 11.6 Å². The standard InChI is InChI=1S/C15H23ClN2O2/c1-2-20-14(10-6-4-3-5-7-10)13(19)12-8-11(16)9-18-15(12)17/h8-10,13-14,19H,2-7H2,1H3,(H2,17,18). The largest absolute Gasteiger partial charge is 0.386 e. The van der Waals surface area contributed by atoms with Gasteiger partial charge in [-0.1, -0.05) is 30.9 Å². The van der Waals surface area contributed by atoms with Gasteiger partial charge < -0.3 is 15.6 Å². The molecule has 1 aliphatic rings. The van der Waals surface area contributed by atoms with E-state index < -0.39 is 6.10 Å². The van der Waals surface area contributed by atoms with E-state index in [1.165, 1.54) is 25.5 Å². The summed E-state index contributed by atoms with van der Waals surface area (Å²) in [4.78, 5) is 4.02. The average molecular weight is 299 g/mol. The summed E-state index contributed by atoms with van der Waals surface area (Å²) in [7, 11) is 0. The zero-order valence-corrected chi connectivity index (χ0v) is 12.6. The Morgan fingerprint density at radius 2 is 2.15 bits per heavy atom. The van der Waals surface area contributed by atoms with E-state index in [4.69, 9.17) is 22.1 Å². The summed E-state index contributed by atoms with van der Waals surface area (Å²) in [5.74, 6) is 0.694. The maximum absolute atomic E-state index is 10.7. The third-order valence-electron chi connectivity index (χ3n) is 4.02. The van der Waals surface area contributed by atoms with E-state index in [9.17, 15) is 5.11 Å². The van der Waals surface area contributed by atoms with Gasteiger partial charge in [0.15, 0.2) is 0 Å². The van der Waals surface area contributed by atoms with E-state index >= 15 is 0 Å². The van der Waals surface area contributed by atoms with Crippen LogP contribution in [0.2, 0.25) is 5.02 Å². The maximum atomic E-state index is 10.7. The Kier molecular flexibility index (Phi) is 5.64. The molecular weight excluding hydrogens is 276 g/mol. The van der Waals surface area contributed by atoms with Crippen molar-refractivity contribution in [2.45, 2.75) is 51.2 Å². The molecule has 0 aromatic carbocycles. The van der Waals surface area contributed by atoms with Crippen molar-refractivity contribution in [3.8, 4) is 0 Å². The summed E-state index contributed by atoms with van der Waals surface area (Å²) in [6.45, 7) is 2.52. The van der Waals surface area contributed by atoms with Crippen LogP contribution in [0.1, 0.15) is 50.7 Å². The number of halogens is 1. The van der Waals surface area contributed by atoms with Gasteiger partial charge in [-0.25, -0.2) is 4.98 Å². The van der Waals surface area contributed by atoms with Gasteiger partial charge >= 0.3 is 0 Å². The molecule has 0 spiro atoms. The Bertz CT molecular complexity index is 436. The number of hydrogen-bond acceptors (Lipinski definition) is 4. The highest BCUT2D eigenvalue weighted by atomic mass is 35.5. The summed E-state index contributed by atoms with van der Waals surface area (Å²) in [6.07, 6.45) is 6.34. The lowest BCUT2D eigenvalue weighted by atomic mass is 9.82. The van der Waals surface area contributed by atoms with Crippen molar-refractivity contribution in [2.75, 3.05) is 12.3 Å². The molecule has 0 radical (unpaired) electrons. The van der Waals surface area contributed by atoms with Gasteiger partial charge in [-0.2, -0.15) is 0 Å². The number of aliphatic hydroxyl groups excluding tert-OH is 1. The van der Waals surface area contributed by atoms with E-state index in [-0.39, 0.29) is 6.10 Å². The molecule has 2 rings (SSSR count). The fourth-order valence-corrected chi connectivity index (χ4v) is 3.19. The molecule has 1 aromatic heterocycles. The fourth-order valence-electron chi connectivity index (χ4n) is 3.02. The van der Waals surface area contributed by atoms with Crippen LogP contribution in [0.15, 0.2) is 12.3 Å². The third-order valence-corrected chi connectivity index (χ3v) is 4.23. The van der Waals surface area contributed by atoms with E-state index in [0.717, 1.165) is 12.8 Å². The SMILES string of the molecule is CCOC(C1CCCCC1)C(O)c1cc(Cl)cnc1N. The molecule has 1 fully saturated rings. The Morgan fingerprint density at radius 1 is 1.45 bits per heavy atom. The second-order valence-electron chi connectivity index (χ2n) is 5.39. The second kappa shape index (κ2) is 7.25. The van der Waals surface area contributed by atoms with Crippen LogP contribution in [-0.2, 0) is 4.74 Å². The quantitative estimate of drug-likeness (QED) is 0.875. The molecule has 112 valence electrons. The number of aromatic nitrogens is 1. The summed E-state index contributed by atoms with van der Waals surface area (Å²) in [6, 6.07) is 1.68. The first-order valence-corrected chi connectivity index (χ1v) is 7.71. The zero-order chi connectivity index (χ0) is 14.5. The topological polar surface area (TPSA) is 68.4 Å². The molecule has 0 amide bonds. The molecule has 0 aliphatic heterocycles. The first-order valence-electron chi connectivity index (χ1n) is 7.34. The monoisotopic (exact) mass is 298 g/mol. The lowest BCUT2D eigenvalue weighted by Crippen LogP contribution is -2.32. The minimum atomic E-state index is -0.774. The lowest BCUT2D eigenvalue weighted by molar-refractivity contribution is -0.0737. The van der Waals surface area contributed by atoms with Gasteiger partial charge in [0.05, 0.1) is 11.1 Å². The number of nitrogens with zero attached hydrogens (tertiary/aromatic N) is 1. The van der Waals surface area contributed by atoms with Crippen molar-refractivity contribution in [3.05, 3.63) is 22.8 Å². The average Bonchev–Trinajstić information content (AvgIpc) is 2.47. The molecule has 0 saturated heterocycles. The maximum Gasteiger partial charge on any atom is 0.129 e. The molecule has 2 atom stereocenters. The fraction of sp³-hybridized carbons (Fsp3) is 0.667. The van der Waals surface area contributed by atoms with Crippen LogP contribution in [-0.4, -0.2) is 22.8 Å². The third kappa shape index (κ3) is 3.62. The van der Waals surface area contributed by atoms with Crippen molar-refractivity contribution in [1.82, 2.24) is 4.98 Å². The number of hydrogen-bond donors (Lipinski definition) is 2. The van der Waals surface area contributed by atoms with E-state index in [1.54, 1.807) is 6.07 Å². The molecule has 1 heterocycles. The summed E-state index contributed by atoms with van der Waals surface area (Å²) >= 11 is 5.96. The van der Waals surface area contributed by atoms with Gasteiger partial charge in [0.25, 0.3) is 0 Å². The van der Waals surface area contributed by atoms with Crippen LogP contribution in [0.5, 0.6) is 0 Å². The number of pyridine rings is 1. The molecule has 1 aromatic rings. The number of nitrogens with two attached hydrogens (primary N) is 1. The van der Waals surface area contributed by atoms with E-state index in [1.807, 2.05) is 6.92 Å². The number of anilines is 1. The van der Waals surface area contributed by atoms with Gasteiger partial charge in [-0.15, -0.1) is 0 Å². The minimum Gasteiger partial charge on any atom is -0.386 e. The highest BCUT2D eigenvalue weighted by molar-refractivity contribution is 6.30. The predicted molar refractivity (Wildman–Crippen MR) is 80.6 cm³/mol. The highest BCUT2D eigenvalue weighted by Gasteiger charge is 2.32. The molecule has 5 heteroatoms. The van der Waals surface area contributed by atoms with Gasteiger partial charge in [-0.05, 0) is 31.7 Å². The number of rotatable bonds is 5. The van der Waals surface area contributed by atoms with Crippen molar-refractivity contribution in [1.29, 1.82) is 0 Å². The number of aliphatic hydroxyl groups is 1. The van der Waals surface area contributed by atoms with Crippen LogP contribution in [0.4, 0.5) is 5.82 Å². The lowest BCUT2D eigenvalue weighted by Gasteiger charge is -2.33. The molecule has 0 bridgehead atoms. The van der Waals surface area contributed by atoms with Gasteiger partial charge in [-0.3, -0.25) is 0 Å². The summed E-state index contributed by atoms with van der Waals surface area (Å²) in [5.41, 5.74) is 6.44. The van der Waals surface area contributed by atoms with E-state index in [0.29, 0.717) is 28.9 Å². The molecule has 3 N–H and O–H groups in total. The Morgan fingerprint density at radius 3 is 2.80 bits per heavy atom. The smallest absolute Gasteiger partial charge is 0.129 e. The van der Waals surface area contributed by atoms with Gasteiger partial charge in [0.2, 0.25) is 0 Å². The Hall–Kier alpha value is -0.840. The Labute approximate surface area is 125 Å². The first kappa shape index (κ1) is 15.5. The molecule has 20 heavy (non-hydrogen) atoms. The number of nitrogen functional groups attached to an aromatic ring is 1. The van der Waals surface area contributed by atoms with Crippen LogP contribution < -0.4 is 5.73 Å². The van der Waals surface area contributed by atoms with Crippen molar-refractivity contribution in [3.63, 3.8) is 0 Å². The molecule has 1 saturated carbocycles. The van der Waals surface area contributed by atoms with Gasteiger partial charge in [0.1, 0.15) is 11.9 Å². The van der Waals surface area contributed by atoms with E-state index in [2.05, 4.69) is 4.98 Å². The molecule has 2 unspecified atom stereocenters.